The average Bonchev–Trinajstić information content (AvgIpc) is 2.97. The number of hydrogen-bond acceptors (Lipinski definition) is 6. The fourth-order valence-electron chi connectivity index (χ4n) is 2.51. The van der Waals surface area contributed by atoms with Crippen LogP contribution in [-0.4, -0.2) is 31.0 Å². The number of nitriles is 1. The molecule has 2 unspecified atom stereocenters. The molecule has 0 aliphatic heterocycles. The van der Waals surface area contributed by atoms with Crippen molar-refractivity contribution < 1.29 is 0 Å². The van der Waals surface area contributed by atoms with Gasteiger partial charge in [0, 0.05) is 5.25 Å². The lowest BCUT2D eigenvalue weighted by Gasteiger charge is -2.20. The van der Waals surface area contributed by atoms with E-state index in [1.807, 2.05) is 4.68 Å². The molecule has 19 heavy (non-hydrogen) atoms. The van der Waals surface area contributed by atoms with E-state index in [1.54, 1.807) is 18.7 Å². The summed E-state index contributed by atoms with van der Waals surface area (Å²) in [7, 11) is 0. The van der Waals surface area contributed by atoms with Crippen molar-refractivity contribution in [1.82, 2.24) is 20.2 Å². The van der Waals surface area contributed by atoms with Crippen LogP contribution in [-0.2, 0) is 0 Å². The van der Waals surface area contributed by atoms with Crippen LogP contribution < -0.4 is 5.73 Å². The van der Waals surface area contributed by atoms with E-state index in [1.165, 1.54) is 12.8 Å². The second kappa shape index (κ2) is 5.88. The van der Waals surface area contributed by atoms with E-state index in [2.05, 4.69) is 28.5 Å². The quantitative estimate of drug-likeness (QED) is 0.828. The van der Waals surface area contributed by atoms with Crippen molar-refractivity contribution in [2.75, 3.05) is 0 Å². The van der Waals surface area contributed by atoms with Crippen molar-refractivity contribution in [2.45, 2.75) is 67.9 Å². The van der Waals surface area contributed by atoms with Gasteiger partial charge in [-0.1, -0.05) is 31.5 Å². The van der Waals surface area contributed by atoms with Crippen molar-refractivity contribution in [3.8, 4) is 6.07 Å². The minimum absolute atomic E-state index is 0.209. The zero-order chi connectivity index (χ0) is 13.9. The minimum atomic E-state index is -0.794. The molecule has 7 heteroatoms. The zero-order valence-corrected chi connectivity index (χ0v) is 12.2. The van der Waals surface area contributed by atoms with Gasteiger partial charge in [-0.3, -0.25) is 0 Å². The Balaban J connectivity index is 1.99. The summed E-state index contributed by atoms with van der Waals surface area (Å²) >= 11 is 1.60. The molecule has 0 spiro atoms. The molecule has 2 rings (SSSR count). The third-order valence-corrected chi connectivity index (χ3v) is 4.46. The van der Waals surface area contributed by atoms with Crippen molar-refractivity contribution >= 4 is 11.8 Å². The van der Waals surface area contributed by atoms with E-state index in [0.29, 0.717) is 12.5 Å². The van der Waals surface area contributed by atoms with Crippen molar-refractivity contribution in [2.24, 2.45) is 5.73 Å². The maximum absolute atomic E-state index is 8.97. The molecule has 1 aromatic rings. The first-order chi connectivity index (χ1) is 9.02. The molecule has 1 aromatic heterocycles. The van der Waals surface area contributed by atoms with Crippen molar-refractivity contribution in [3.05, 3.63) is 0 Å². The van der Waals surface area contributed by atoms with Crippen LogP contribution in [0.4, 0.5) is 0 Å². The highest BCUT2D eigenvalue weighted by molar-refractivity contribution is 7.99. The van der Waals surface area contributed by atoms with Crippen LogP contribution in [0.3, 0.4) is 0 Å². The lowest BCUT2D eigenvalue weighted by atomic mass is 10.00. The van der Waals surface area contributed by atoms with Gasteiger partial charge in [0.15, 0.2) is 0 Å². The first-order valence-corrected chi connectivity index (χ1v) is 7.54. The van der Waals surface area contributed by atoms with Gasteiger partial charge in [-0.2, -0.15) is 5.26 Å². The fraction of sp³-hybridized carbons (Fsp3) is 0.833. The number of hydrogen-bond donors (Lipinski definition) is 1. The maximum Gasteiger partial charge on any atom is 0.209 e. The number of tetrazole rings is 1. The molecule has 1 fully saturated rings. The predicted octanol–water partition coefficient (Wildman–Crippen LogP) is 1.90. The Morgan fingerprint density at radius 1 is 1.58 bits per heavy atom. The normalized spacial score (nSPS) is 20.9. The van der Waals surface area contributed by atoms with Gasteiger partial charge in [-0.05, 0) is 36.6 Å². The summed E-state index contributed by atoms with van der Waals surface area (Å²) in [6.07, 6.45) is 5.42. The summed E-state index contributed by atoms with van der Waals surface area (Å²) in [6, 6.07) is 2.56. The van der Waals surface area contributed by atoms with Gasteiger partial charge < -0.3 is 5.73 Å². The molecule has 2 atom stereocenters. The SMILES string of the molecule is CC(CC(C)(N)C#N)Sc1nnnn1C1CCCC1. The van der Waals surface area contributed by atoms with E-state index in [4.69, 9.17) is 11.0 Å². The maximum atomic E-state index is 8.97. The molecule has 104 valence electrons. The number of nitrogens with zero attached hydrogens (tertiary/aromatic N) is 5. The average molecular weight is 280 g/mol. The Morgan fingerprint density at radius 2 is 2.26 bits per heavy atom. The highest BCUT2D eigenvalue weighted by atomic mass is 32.2. The van der Waals surface area contributed by atoms with Gasteiger partial charge in [-0.25, -0.2) is 4.68 Å². The standard InChI is InChI=1S/C12H20N6S/c1-9(7-12(2,14)8-13)19-11-15-16-17-18(11)10-5-3-4-6-10/h9-10H,3-7,14H2,1-2H3. The summed E-state index contributed by atoms with van der Waals surface area (Å²) in [5.74, 6) is 0. The smallest absolute Gasteiger partial charge is 0.209 e. The van der Waals surface area contributed by atoms with Gasteiger partial charge >= 0.3 is 0 Å². The Morgan fingerprint density at radius 3 is 2.89 bits per heavy atom. The van der Waals surface area contributed by atoms with Crippen LogP contribution in [0.25, 0.3) is 0 Å². The largest absolute Gasteiger partial charge is 0.314 e. The van der Waals surface area contributed by atoms with Crippen molar-refractivity contribution in [1.29, 1.82) is 5.26 Å². The van der Waals surface area contributed by atoms with Gasteiger partial charge in [0.1, 0.15) is 5.54 Å². The minimum Gasteiger partial charge on any atom is -0.314 e. The molecule has 0 saturated heterocycles. The lowest BCUT2D eigenvalue weighted by molar-refractivity contribution is 0.422. The van der Waals surface area contributed by atoms with Crippen LogP contribution in [0.1, 0.15) is 52.0 Å². The molecule has 6 nitrogen and oxygen atoms in total. The highest BCUT2D eigenvalue weighted by Gasteiger charge is 2.26. The van der Waals surface area contributed by atoms with Crippen LogP contribution in [0.5, 0.6) is 0 Å². The predicted molar refractivity (Wildman–Crippen MR) is 73.5 cm³/mol. The summed E-state index contributed by atoms with van der Waals surface area (Å²) in [4.78, 5) is 0. The highest BCUT2D eigenvalue weighted by Crippen LogP contribution is 2.33. The van der Waals surface area contributed by atoms with Crippen LogP contribution in [0.2, 0.25) is 0 Å². The van der Waals surface area contributed by atoms with Gasteiger partial charge in [0.05, 0.1) is 12.1 Å². The lowest BCUT2D eigenvalue weighted by Crippen LogP contribution is -2.36. The van der Waals surface area contributed by atoms with Crippen LogP contribution in [0, 0.1) is 11.3 Å². The monoisotopic (exact) mass is 280 g/mol. The van der Waals surface area contributed by atoms with Gasteiger partial charge in [0.2, 0.25) is 5.16 Å². The molecule has 0 radical (unpaired) electrons. The molecule has 0 bridgehead atoms. The number of aromatic nitrogens is 4. The van der Waals surface area contributed by atoms with E-state index in [9.17, 15) is 0 Å². The summed E-state index contributed by atoms with van der Waals surface area (Å²) in [5.41, 5.74) is 5.08. The molecule has 1 aliphatic rings. The van der Waals surface area contributed by atoms with E-state index in [0.717, 1.165) is 18.0 Å². The van der Waals surface area contributed by atoms with Crippen LogP contribution >= 0.6 is 11.8 Å². The molecule has 1 heterocycles. The third kappa shape index (κ3) is 3.67. The van der Waals surface area contributed by atoms with Crippen molar-refractivity contribution in [3.63, 3.8) is 0 Å². The van der Waals surface area contributed by atoms with E-state index >= 15 is 0 Å². The van der Waals surface area contributed by atoms with E-state index in [-0.39, 0.29) is 5.25 Å². The summed E-state index contributed by atoms with van der Waals surface area (Å²) < 4.78 is 1.94. The topological polar surface area (TPSA) is 93.4 Å². The molecule has 0 aromatic carbocycles. The van der Waals surface area contributed by atoms with Gasteiger partial charge in [0.25, 0.3) is 0 Å². The number of rotatable bonds is 5. The first kappa shape index (κ1) is 14.3. The molecule has 0 amide bonds. The van der Waals surface area contributed by atoms with Crippen LogP contribution in [0.15, 0.2) is 5.16 Å². The molecular weight excluding hydrogens is 260 g/mol. The second-order valence-electron chi connectivity index (χ2n) is 5.51. The fourth-order valence-corrected chi connectivity index (χ4v) is 3.67. The third-order valence-electron chi connectivity index (χ3n) is 3.41. The molecule has 1 aliphatic carbocycles. The second-order valence-corrected chi connectivity index (χ2v) is 6.91. The number of thioether (sulfide) groups is 1. The Kier molecular flexibility index (Phi) is 4.42. The Hall–Kier alpha value is -1.13. The molecular formula is C12H20N6S. The Labute approximate surface area is 117 Å². The van der Waals surface area contributed by atoms with E-state index < -0.39 is 5.54 Å². The summed E-state index contributed by atoms with van der Waals surface area (Å²) in [5, 5.41) is 22.0. The molecule has 1 saturated carbocycles. The first-order valence-electron chi connectivity index (χ1n) is 6.66. The summed E-state index contributed by atoms with van der Waals surface area (Å²) in [6.45, 7) is 3.81. The molecule has 2 N–H and O–H groups in total. The zero-order valence-electron chi connectivity index (χ0n) is 11.4. The number of nitrogens with two attached hydrogens (primary N) is 1. The van der Waals surface area contributed by atoms with Gasteiger partial charge in [-0.15, -0.1) is 5.10 Å². The Bertz CT molecular complexity index is 457.